The Morgan fingerprint density at radius 1 is 1.80 bits per heavy atom. The second kappa shape index (κ2) is 5.22. The summed E-state index contributed by atoms with van der Waals surface area (Å²) in [5, 5.41) is -0.488. The number of rotatable bonds is 4. The first kappa shape index (κ1) is 9.42. The van der Waals surface area contributed by atoms with Crippen LogP contribution in [0.15, 0.2) is 4.58 Å². The van der Waals surface area contributed by atoms with E-state index in [-0.39, 0.29) is 0 Å². The minimum atomic E-state index is -0.488. The van der Waals surface area contributed by atoms with E-state index in [1.807, 2.05) is 0 Å². The lowest BCUT2D eigenvalue weighted by Gasteiger charge is -2.03. The number of ether oxygens (including phenoxy) is 1. The highest BCUT2D eigenvalue weighted by molar-refractivity contribution is 7.99. The fourth-order valence-corrected chi connectivity index (χ4v) is 0.650. The van der Waals surface area contributed by atoms with E-state index in [9.17, 15) is 9.70 Å². The maximum absolute atomic E-state index is 10.7. The molecule has 0 amide bonds. The number of hydrogen-bond donors (Lipinski definition) is 0. The Kier molecular flexibility index (Phi) is 4.92. The van der Waals surface area contributed by atoms with Gasteiger partial charge in [0.1, 0.15) is 5.25 Å². The number of hydrogen-bond acceptors (Lipinski definition) is 5. The zero-order chi connectivity index (χ0) is 7.98. The molecular weight excluding hydrogens is 154 g/mol. The van der Waals surface area contributed by atoms with Gasteiger partial charge in [0.2, 0.25) is 0 Å². The first-order valence-electron chi connectivity index (χ1n) is 2.87. The molecule has 0 aromatic heterocycles. The van der Waals surface area contributed by atoms with Crippen molar-refractivity contribution < 1.29 is 9.53 Å². The predicted molar refractivity (Wildman–Crippen MR) is 39.5 cm³/mol. The summed E-state index contributed by atoms with van der Waals surface area (Å²) in [7, 11) is 0. The average Bonchev–Trinajstić information content (AvgIpc) is 1.89. The third-order valence-electron chi connectivity index (χ3n) is 0.820. The van der Waals surface area contributed by atoms with Crippen LogP contribution in [-0.4, -0.2) is 17.8 Å². The molecule has 0 aliphatic carbocycles. The fraction of sp³-hybridized carbons (Fsp3) is 0.800. The molecular formula is C5H9NO3S. The van der Waals surface area contributed by atoms with Gasteiger partial charge >= 0.3 is 5.97 Å². The van der Waals surface area contributed by atoms with Crippen molar-refractivity contribution in [3.8, 4) is 0 Å². The zero-order valence-electron chi connectivity index (χ0n) is 5.86. The Labute approximate surface area is 63.4 Å². The molecule has 10 heavy (non-hydrogen) atoms. The normalized spacial score (nSPS) is 12.2. The van der Waals surface area contributed by atoms with E-state index in [0.29, 0.717) is 18.6 Å². The minimum absolute atomic E-state index is 0.336. The van der Waals surface area contributed by atoms with Gasteiger partial charge in [0.05, 0.1) is 6.61 Å². The Balaban J connectivity index is 3.58. The number of carbonyl (C=O) groups excluding carboxylic acids is 1. The minimum Gasteiger partial charge on any atom is -0.465 e. The van der Waals surface area contributed by atoms with Crippen LogP contribution in [0, 0.1) is 4.91 Å². The van der Waals surface area contributed by atoms with Gasteiger partial charge in [-0.15, -0.1) is 4.91 Å². The number of nitroso groups, excluding NO2 is 1. The summed E-state index contributed by atoms with van der Waals surface area (Å²) >= 11 is 0.674. The Hall–Kier alpha value is -0.580. The lowest BCUT2D eigenvalue weighted by atomic mass is 10.5. The highest BCUT2D eigenvalue weighted by Crippen LogP contribution is 2.11. The van der Waals surface area contributed by atoms with E-state index in [0.717, 1.165) is 0 Å². The van der Waals surface area contributed by atoms with E-state index in [1.165, 1.54) is 0 Å². The largest absolute Gasteiger partial charge is 0.465 e. The van der Waals surface area contributed by atoms with Crippen LogP contribution in [0.2, 0.25) is 0 Å². The van der Waals surface area contributed by atoms with E-state index < -0.39 is 11.2 Å². The van der Waals surface area contributed by atoms with Crippen LogP contribution in [0.5, 0.6) is 0 Å². The molecule has 0 rings (SSSR count). The third kappa shape index (κ3) is 3.45. The molecule has 4 nitrogen and oxygen atoms in total. The number of nitrogens with zero attached hydrogens (tertiary/aromatic N) is 1. The smallest absolute Gasteiger partial charge is 0.320 e. The first-order valence-corrected chi connectivity index (χ1v) is 3.71. The molecule has 1 atom stereocenters. The molecule has 0 N–H and O–H groups in total. The zero-order valence-corrected chi connectivity index (χ0v) is 6.68. The molecule has 0 aliphatic rings. The molecule has 0 saturated carbocycles. The monoisotopic (exact) mass is 163 g/mol. The standard InChI is InChI=1S/C5H9NO3S/c1-3-9-5(7)4(2)10-6-8/h4H,3H2,1-2H3. The van der Waals surface area contributed by atoms with Gasteiger partial charge in [-0.25, -0.2) is 0 Å². The highest BCUT2D eigenvalue weighted by Gasteiger charge is 2.14. The summed E-state index contributed by atoms with van der Waals surface area (Å²) in [5.41, 5.74) is 0. The quantitative estimate of drug-likeness (QED) is 0.356. The van der Waals surface area contributed by atoms with Gasteiger partial charge in [-0.1, -0.05) is 0 Å². The van der Waals surface area contributed by atoms with Crippen molar-refractivity contribution in [3.05, 3.63) is 4.91 Å². The first-order chi connectivity index (χ1) is 4.72. The van der Waals surface area contributed by atoms with E-state index in [1.54, 1.807) is 13.8 Å². The summed E-state index contributed by atoms with van der Waals surface area (Å²) in [6.07, 6.45) is 0. The highest BCUT2D eigenvalue weighted by atomic mass is 32.2. The lowest BCUT2D eigenvalue weighted by molar-refractivity contribution is -0.142. The van der Waals surface area contributed by atoms with E-state index in [2.05, 4.69) is 9.32 Å². The summed E-state index contributed by atoms with van der Waals surface area (Å²) < 4.78 is 7.10. The van der Waals surface area contributed by atoms with Gasteiger partial charge in [-0.05, 0) is 13.8 Å². The second-order valence-corrected chi connectivity index (χ2v) is 2.64. The van der Waals surface area contributed by atoms with Crippen LogP contribution in [0.3, 0.4) is 0 Å². The molecule has 0 aromatic carbocycles. The van der Waals surface area contributed by atoms with Crippen molar-refractivity contribution in [1.82, 2.24) is 0 Å². The fourth-order valence-electron chi connectivity index (χ4n) is 0.367. The van der Waals surface area contributed by atoms with Gasteiger partial charge in [0, 0.05) is 16.5 Å². The predicted octanol–water partition coefficient (Wildman–Crippen LogP) is 1.35. The summed E-state index contributed by atoms with van der Waals surface area (Å²) in [5.74, 6) is -0.396. The molecule has 0 fully saturated rings. The van der Waals surface area contributed by atoms with Crippen LogP contribution >= 0.6 is 11.9 Å². The molecule has 0 spiro atoms. The van der Waals surface area contributed by atoms with Crippen LogP contribution in [0.25, 0.3) is 0 Å². The Morgan fingerprint density at radius 2 is 2.40 bits per heavy atom. The van der Waals surface area contributed by atoms with Gasteiger partial charge < -0.3 is 4.74 Å². The topological polar surface area (TPSA) is 55.7 Å². The van der Waals surface area contributed by atoms with Crippen LogP contribution in [0.4, 0.5) is 0 Å². The molecule has 0 bridgehead atoms. The molecule has 58 valence electrons. The maximum Gasteiger partial charge on any atom is 0.320 e. The molecule has 0 heterocycles. The second-order valence-electron chi connectivity index (χ2n) is 1.57. The van der Waals surface area contributed by atoms with Gasteiger partial charge in [-0.3, -0.25) is 4.79 Å². The van der Waals surface area contributed by atoms with Crippen molar-refractivity contribution >= 4 is 17.9 Å². The van der Waals surface area contributed by atoms with Crippen molar-refractivity contribution in [2.75, 3.05) is 6.61 Å². The summed E-state index contributed by atoms with van der Waals surface area (Å²) in [6.45, 7) is 3.62. The molecule has 0 aliphatic heterocycles. The number of esters is 1. The van der Waals surface area contributed by atoms with Crippen LogP contribution < -0.4 is 0 Å². The molecule has 5 heteroatoms. The van der Waals surface area contributed by atoms with Crippen molar-refractivity contribution in [2.45, 2.75) is 19.1 Å². The Bertz CT molecular complexity index is 128. The number of carbonyl (C=O) groups is 1. The third-order valence-corrected chi connectivity index (χ3v) is 1.41. The van der Waals surface area contributed by atoms with Gasteiger partial charge in [-0.2, -0.15) is 0 Å². The van der Waals surface area contributed by atoms with Crippen LogP contribution in [-0.2, 0) is 9.53 Å². The Morgan fingerprint density at radius 3 is 2.80 bits per heavy atom. The lowest BCUT2D eigenvalue weighted by Crippen LogP contribution is -2.15. The van der Waals surface area contributed by atoms with Crippen molar-refractivity contribution in [3.63, 3.8) is 0 Å². The molecule has 1 unspecified atom stereocenters. The van der Waals surface area contributed by atoms with E-state index >= 15 is 0 Å². The van der Waals surface area contributed by atoms with Gasteiger partial charge in [0.15, 0.2) is 0 Å². The molecule has 0 aromatic rings. The SMILES string of the molecule is CCOC(=O)C(C)SN=O. The molecule has 0 saturated heterocycles. The van der Waals surface area contributed by atoms with Gasteiger partial charge in [0.25, 0.3) is 0 Å². The summed E-state index contributed by atoms with van der Waals surface area (Å²) in [6, 6.07) is 0. The maximum atomic E-state index is 10.7. The van der Waals surface area contributed by atoms with E-state index in [4.69, 9.17) is 0 Å². The van der Waals surface area contributed by atoms with Crippen molar-refractivity contribution in [2.24, 2.45) is 4.58 Å². The van der Waals surface area contributed by atoms with Crippen molar-refractivity contribution in [1.29, 1.82) is 0 Å². The summed E-state index contributed by atoms with van der Waals surface area (Å²) in [4.78, 5) is 20.3. The van der Waals surface area contributed by atoms with Crippen LogP contribution in [0.1, 0.15) is 13.8 Å². The molecule has 0 radical (unpaired) electrons. The average molecular weight is 163 g/mol.